The number of likely N-dealkylation sites (tertiary alicyclic amines) is 1. The third kappa shape index (κ3) is 3.11. The van der Waals surface area contributed by atoms with Gasteiger partial charge in [0.15, 0.2) is 0 Å². The third-order valence-electron chi connectivity index (χ3n) is 4.41. The molecular weight excluding hydrogens is 317 g/mol. The number of hydrogen-bond donors (Lipinski definition) is 1. The minimum atomic E-state index is -0.316. The highest BCUT2D eigenvalue weighted by atomic mass is 32.1. The minimum Gasteiger partial charge on any atom is -0.396 e. The highest BCUT2D eigenvalue weighted by Crippen LogP contribution is 2.35. The van der Waals surface area contributed by atoms with Gasteiger partial charge in [0, 0.05) is 42.5 Å². The number of aliphatic hydroxyl groups is 1. The number of ether oxygens (including phenoxy) is 1. The molecule has 0 aliphatic carbocycles. The molecule has 1 aromatic heterocycles. The molecule has 3 rings (SSSR count). The molecule has 1 N–H and O–H groups in total. The zero-order valence-electron chi connectivity index (χ0n) is 13.0. The summed E-state index contributed by atoms with van der Waals surface area (Å²) in [6.07, 6.45) is 1.61. The molecular formula is C17H20FNO3S. The summed E-state index contributed by atoms with van der Waals surface area (Å²) < 4.78 is 20.2. The Bertz CT molecular complexity index is 707. The van der Waals surface area contributed by atoms with Crippen molar-refractivity contribution < 1.29 is 19.0 Å². The number of piperidine rings is 1. The van der Waals surface area contributed by atoms with Gasteiger partial charge in [0.25, 0.3) is 5.91 Å². The van der Waals surface area contributed by atoms with Crippen molar-refractivity contribution in [2.75, 3.05) is 26.8 Å². The fourth-order valence-electron chi connectivity index (χ4n) is 3.08. The number of nitrogens with zero attached hydrogens (tertiary/aromatic N) is 1. The standard InChI is InChI=1S/C17H20FNO3S/c1-22-10-12-15-13(18)3-2-4-14(15)23-16(12)17(21)19-7-5-11(9-20)6-8-19/h2-4,11,20H,5-10H2,1H3. The van der Waals surface area contributed by atoms with Crippen LogP contribution in [0.2, 0.25) is 0 Å². The average molecular weight is 337 g/mol. The topological polar surface area (TPSA) is 49.8 Å². The minimum absolute atomic E-state index is 0.0611. The Balaban J connectivity index is 1.94. The number of carbonyl (C=O) groups excluding carboxylic acids is 1. The maximum absolute atomic E-state index is 14.2. The van der Waals surface area contributed by atoms with Crippen molar-refractivity contribution in [1.29, 1.82) is 0 Å². The summed E-state index contributed by atoms with van der Waals surface area (Å²) in [5, 5.41) is 9.71. The van der Waals surface area contributed by atoms with Crippen LogP contribution in [0.25, 0.3) is 10.1 Å². The van der Waals surface area contributed by atoms with Crippen molar-refractivity contribution in [3.8, 4) is 0 Å². The van der Waals surface area contributed by atoms with Gasteiger partial charge in [-0.15, -0.1) is 11.3 Å². The molecule has 0 unspecified atom stereocenters. The Morgan fingerprint density at radius 3 is 2.83 bits per heavy atom. The number of benzene rings is 1. The van der Waals surface area contributed by atoms with Gasteiger partial charge in [-0.25, -0.2) is 4.39 Å². The molecule has 4 nitrogen and oxygen atoms in total. The molecule has 0 bridgehead atoms. The molecule has 1 saturated heterocycles. The number of carbonyl (C=O) groups is 1. The highest BCUT2D eigenvalue weighted by molar-refractivity contribution is 7.21. The number of rotatable bonds is 4. The number of thiophene rings is 1. The summed E-state index contributed by atoms with van der Waals surface area (Å²) in [4.78, 5) is 15.2. The lowest BCUT2D eigenvalue weighted by atomic mass is 9.97. The molecule has 1 aromatic carbocycles. The number of amides is 1. The second kappa shape index (κ2) is 6.95. The van der Waals surface area contributed by atoms with E-state index in [9.17, 15) is 14.3 Å². The first kappa shape index (κ1) is 16.4. The first-order valence-electron chi connectivity index (χ1n) is 7.74. The van der Waals surface area contributed by atoms with Crippen LogP contribution in [0.4, 0.5) is 4.39 Å². The van der Waals surface area contributed by atoms with Crippen LogP contribution >= 0.6 is 11.3 Å². The van der Waals surface area contributed by atoms with Gasteiger partial charge < -0.3 is 14.7 Å². The van der Waals surface area contributed by atoms with E-state index in [0.29, 0.717) is 28.9 Å². The fourth-order valence-corrected chi connectivity index (χ4v) is 4.27. The zero-order chi connectivity index (χ0) is 16.4. The van der Waals surface area contributed by atoms with Crippen LogP contribution < -0.4 is 0 Å². The van der Waals surface area contributed by atoms with Gasteiger partial charge >= 0.3 is 0 Å². The Morgan fingerprint density at radius 1 is 1.43 bits per heavy atom. The quantitative estimate of drug-likeness (QED) is 0.933. The molecule has 23 heavy (non-hydrogen) atoms. The van der Waals surface area contributed by atoms with E-state index >= 15 is 0 Å². The monoisotopic (exact) mass is 337 g/mol. The molecule has 1 aliphatic rings. The molecule has 1 aliphatic heterocycles. The predicted molar refractivity (Wildman–Crippen MR) is 88.2 cm³/mol. The first-order valence-corrected chi connectivity index (χ1v) is 8.56. The number of hydrogen-bond acceptors (Lipinski definition) is 4. The van der Waals surface area contributed by atoms with Crippen molar-refractivity contribution >= 4 is 27.3 Å². The first-order chi connectivity index (χ1) is 11.2. The van der Waals surface area contributed by atoms with Crippen LogP contribution in [-0.2, 0) is 11.3 Å². The van der Waals surface area contributed by atoms with E-state index in [2.05, 4.69) is 0 Å². The summed E-state index contributed by atoms with van der Waals surface area (Å²) in [6.45, 7) is 1.65. The summed E-state index contributed by atoms with van der Waals surface area (Å²) in [5.41, 5.74) is 0.639. The molecule has 124 valence electrons. The Morgan fingerprint density at radius 2 is 2.17 bits per heavy atom. The van der Waals surface area contributed by atoms with Crippen LogP contribution in [0.1, 0.15) is 28.1 Å². The molecule has 0 saturated carbocycles. The largest absolute Gasteiger partial charge is 0.396 e. The average Bonchev–Trinajstić information content (AvgIpc) is 2.95. The third-order valence-corrected chi connectivity index (χ3v) is 5.59. The second-order valence-electron chi connectivity index (χ2n) is 5.87. The summed E-state index contributed by atoms with van der Waals surface area (Å²) in [6, 6.07) is 4.90. The van der Waals surface area contributed by atoms with E-state index in [4.69, 9.17) is 4.74 Å². The maximum Gasteiger partial charge on any atom is 0.264 e. The smallest absolute Gasteiger partial charge is 0.264 e. The van der Waals surface area contributed by atoms with E-state index in [-0.39, 0.29) is 30.9 Å². The van der Waals surface area contributed by atoms with Gasteiger partial charge in [0.05, 0.1) is 11.5 Å². The van der Waals surface area contributed by atoms with Gasteiger partial charge in [-0.05, 0) is 30.9 Å². The van der Waals surface area contributed by atoms with Crippen molar-refractivity contribution in [3.05, 3.63) is 34.5 Å². The van der Waals surface area contributed by atoms with Crippen LogP contribution in [0.3, 0.4) is 0 Å². The fraction of sp³-hybridized carbons (Fsp3) is 0.471. The van der Waals surface area contributed by atoms with E-state index in [1.165, 1.54) is 17.4 Å². The van der Waals surface area contributed by atoms with E-state index < -0.39 is 0 Å². The van der Waals surface area contributed by atoms with Crippen LogP contribution in [0.15, 0.2) is 18.2 Å². The normalized spacial score (nSPS) is 16.2. The molecule has 2 aromatic rings. The lowest BCUT2D eigenvalue weighted by Crippen LogP contribution is -2.39. The van der Waals surface area contributed by atoms with Gasteiger partial charge in [-0.3, -0.25) is 4.79 Å². The van der Waals surface area contributed by atoms with E-state index in [0.717, 1.165) is 17.5 Å². The number of methoxy groups -OCH3 is 1. The highest BCUT2D eigenvalue weighted by Gasteiger charge is 2.27. The SMILES string of the molecule is COCc1c(C(=O)N2CCC(CO)CC2)sc2cccc(F)c12. The number of aliphatic hydroxyl groups excluding tert-OH is 1. The molecule has 0 radical (unpaired) electrons. The van der Waals surface area contributed by atoms with E-state index in [1.807, 2.05) is 6.07 Å². The van der Waals surface area contributed by atoms with Crippen molar-refractivity contribution in [1.82, 2.24) is 4.90 Å². The molecule has 1 fully saturated rings. The Kier molecular flexibility index (Phi) is 4.94. The molecule has 0 atom stereocenters. The van der Waals surface area contributed by atoms with Crippen molar-refractivity contribution in [3.63, 3.8) is 0 Å². The molecule has 0 spiro atoms. The zero-order valence-corrected chi connectivity index (χ0v) is 13.9. The molecule has 1 amide bonds. The summed E-state index contributed by atoms with van der Waals surface area (Å²) in [5.74, 6) is -0.102. The van der Waals surface area contributed by atoms with Crippen LogP contribution in [0, 0.1) is 11.7 Å². The maximum atomic E-state index is 14.2. The van der Waals surface area contributed by atoms with Crippen molar-refractivity contribution in [2.45, 2.75) is 19.4 Å². The Labute approximate surface area is 138 Å². The lowest BCUT2D eigenvalue weighted by molar-refractivity contribution is 0.0652. The van der Waals surface area contributed by atoms with Gasteiger partial charge in [-0.1, -0.05) is 6.07 Å². The summed E-state index contributed by atoms with van der Waals surface area (Å²) >= 11 is 1.33. The van der Waals surface area contributed by atoms with Gasteiger partial charge in [-0.2, -0.15) is 0 Å². The number of halogens is 1. The van der Waals surface area contributed by atoms with Crippen LogP contribution in [-0.4, -0.2) is 42.7 Å². The number of fused-ring (bicyclic) bond motifs is 1. The lowest BCUT2D eigenvalue weighted by Gasteiger charge is -2.31. The second-order valence-corrected chi connectivity index (χ2v) is 6.93. The van der Waals surface area contributed by atoms with Crippen molar-refractivity contribution in [2.24, 2.45) is 5.92 Å². The molecule has 6 heteroatoms. The Hall–Kier alpha value is -1.50. The predicted octanol–water partition coefficient (Wildman–Crippen LogP) is 3.03. The van der Waals surface area contributed by atoms with E-state index in [1.54, 1.807) is 18.1 Å². The molecule has 2 heterocycles. The summed E-state index contributed by atoms with van der Waals surface area (Å²) in [7, 11) is 1.55. The van der Waals surface area contributed by atoms with Crippen LogP contribution in [0.5, 0.6) is 0 Å². The van der Waals surface area contributed by atoms with Gasteiger partial charge in [0.1, 0.15) is 5.82 Å². The van der Waals surface area contributed by atoms with Gasteiger partial charge in [0.2, 0.25) is 0 Å².